The molecule has 0 amide bonds. The second kappa shape index (κ2) is 2.24. The van der Waals surface area contributed by atoms with Gasteiger partial charge in [0.1, 0.15) is 0 Å². The van der Waals surface area contributed by atoms with Gasteiger partial charge in [0.15, 0.2) is 0 Å². The van der Waals surface area contributed by atoms with Gasteiger partial charge in [0, 0.05) is 0 Å². The molecule has 2 fully saturated rings. The number of hydrogen-bond acceptors (Lipinski definition) is 0. The van der Waals surface area contributed by atoms with Crippen molar-refractivity contribution < 1.29 is 0 Å². The van der Waals surface area contributed by atoms with Gasteiger partial charge >= 0.3 is 0 Å². The van der Waals surface area contributed by atoms with Crippen molar-refractivity contribution >= 4 is 0 Å². The molecule has 64 valence electrons. The Morgan fingerprint density at radius 3 is 2.27 bits per heavy atom. The summed E-state index contributed by atoms with van der Waals surface area (Å²) in [5.74, 6) is 3.28. The van der Waals surface area contributed by atoms with Crippen LogP contribution in [0.25, 0.3) is 0 Å². The lowest BCUT2D eigenvalue weighted by molar-refractivity contribution is 0.101. The summed E-state index contributed by atoms with van der Waals surface area (Å²) in [5.41, 5.74) is 0.684. The fraction of sp³-hybridized carbons (Fsp3) is 1.00. The van der Waals surface area contributed by atoms with E-state index in [1.54, 1.807) is 0 Å². The first-order valence-electron chi connectivity index (χ1n) is 5.15. The maximum absolute atomic E-state index is 2.47. The lowest BCUT2D eigenvalue weighted by Crippen LogP contribution is -2.31. The smallest absolute Gasteiger partial charge is 0.0320 e. The van der Waals surface area contributed by atoms with Crippen LogP contribution in [0.5, 0.6) is 0 Å². The normalized spacial score (nSPS) is 46.6. The highest BCUT2D eigenvalue weighted by Gasteiger charge is 2.51. The van der Waals surface area contributed by atoms with Gasteiger partial charge in [-0.3, -0.25) is 0 Å². The van der Waals surface area contributed by atoms with E-state index < -0.39 is 0 Å². The fourth-order valence-electron chi connectivity index (χ4n) is 3.49. The van der Waals surface area contributed by atoms with Crippen LogP contribution in [-0.4, -0.2) is 0 Å². The molecule has 0 heterocycles. The topological polar surface area (TPSA) is 0 Å². The second-order valence-electron chi connectivity index (χ2n) is 5.21. The monoisotopic (exact) mass is 152 g/mol. The molecule has 0 aliphatic heterocycles. The van der Waals surface area contributed by atoms with Crippen molar-refractivity contribution in [1.82, 2.24) is 0 Å². The Labute approximate surface area is 70.4 Å². The van der Waals surface area contributed by atoms with E-state index in [9.17, 15) is 0 Å². The maximum atomic E-state index is 2.47. The van der Waals surface area contributed by atoms with Crippen molar-refractivity contribution in [1.29, 1.82) is 0 Å². The van der Waals surface area contributed by atoms with Crippen molar-refractivity contribution in [2.45, 2.75) is 46.5 Å². The zero-order valence-electron chi connectivity index (χ0n) is 8.06. The summed E-state index contributed by atoms with van der Waals surface area (Å²) < 4.78 is 0. The Balaban J connectivity index is 2.12. The molecular weight excluding hydrogens is 132 g/mol. The molecule has 0 heteroatoms. The quantitative estimate of drug-likeness (QED) is 0.539. The largest absolute Gasteiger partial charge is 0.0651 e. The predicted octanol–water partition coefficient (Wildman–Crippen LogP) is 3.47. The standard InChI is InChI=1S/C11H20/c1-4-8-7-11(2,3)10-6-5-9(8)10/h8-10H,4-7H2,1-3H3. The minimum atomic E-state index is 0.684. The van der Waals surface area contributed by atoms with E-state index in [4.69, 9.17) is 0 Å². The first-order chi connectivity index (χ1) is 5.15. The molecule has 0 N–H and O–H groups in total. The van der Waals surface area contributed by atoms with Gasteiger partial charge in [-0.2, -0.15) is 0 Å². The fourth-order valence-corrected chi connectivity index (χ4v) is 3.49. The van der Waals surface area contributed by atoms with Gasteiger partial charge in [0.2, 0.25) is 0 Å². The molecule has 2 rings (SSSR count). The Hall–Kier alpha value is 0. The number of fused-ring (bicyclic) bond motifs is 1. The molecule has 0 nitrogen and oxygen atoms in total. The Kier molecular flexibility index (Phi) is 1.56. The van der Waals surface area contributed by atoms with E-state index in [1.165, 1.54) is 25.7 Å². The summed E-state index contributed by atoms with van der Waals surface area (Å²) in [6.07, 6.45) is 5.98. The average Bonchev–Trinajstić information content (AvgIpc) is 1.96. The van der Waals surface area contributed by atoms with Gasteiger partial charge in [-0.1, -0.05) is 27.2 Å². The molecule has 0 saturated heterocycles. The lowest BCUT2D eigenvalue weighted by Gasteiger charge is -2.39. The Morgan fingerprint density at radius 2 is 2.00 bits per heavy atom. The molecule has 3 atom stereocenters. The van der Waals surface area contributed by atoms with Crippen molar-refractivity contribution in [3.8, 4) is 0 Å². The van der Waals surface area contributed by atoms with Gasteiger partial charge in [-0.25, -0.2) is 0 Å². The van der Waals surface area contributed by atoms with Crippen LogP contribution in [0.4, 0.5) is 0 Å². The highest BCUT2D eigenvalue weighted by molar-refractivity contribution is 5.01. The molecule has 0 radical (unpaired) electrons. The Bertz CT molecular complexity index is 155. The molecule has 2 aliphatic carbocycles. The molecule has 0 aromatic heterocycles. The van der Waals surface area contributed by atoms with Gasteiger partial charge in [-0.05, 0) is 42.4 Å². The van der Waals surface area contributed by atoms with Crippen LogP contribution in [0.15, 0.2) is 0 Å². The molecule has 0 aromatic rings. The summed E-state index contributed by atoms with van der Waals surface area (Å²) in [7, 11) is 0. The maximum Gasteiger partial charge on any atom is -0.0320 e. The van der Waals surface area contributed by atoms with E-state index in [0.29, 0.717) is 5.41 Å². The molecule has 3 unspecified atom stereocenters. The third-order valence-corrected chi connectivity index (χ3v) is 4.25. The van der Waals surface area contributed by atoms with Crippen molar-refractivity contribution in [2.75, 3.05) is 0 Å². The van der Waals surface area contributed by atoms with Crippen LogP contribution in [0.1, 0.15) is 46.5 Å². The highest BCUT2D eigenvalue weighted by atomic mass is 14.6. The van der Waals surface area contributed by atoms with E-state index in [2.05, 4.69) is 20.8 Å². The van der Waals surface area contributed by atoms with Crippen LogP contribution in [0.3, 0.4) is 0 Å². The molecule has 11 heavy (non-hydrogen) atoms. The average molecular weight is 152 g/mol. The number of rotatable bonds is 1. The van der Waals surface area contributed by atoms with E-state index >= 15 is 0 Å². The summed E-state index contributed by atoms with van der Waals surface area (Å²) in [4.78, 5) is 0. The second-order valence-corrected chi connectivity index (χ2v) is 5.21. The first kappa shape index (κ1) is 7.64. The van der Waals surface area contributed by atoms with Crippen LogP contribution in [0.2, 0.25) is 0 Å². The Morgan fingerprint density at radius 1 is 1.27 bits per heavy atom. The summed E-state index contributed by atoms with van der Waals surface area (Å²) >= 11 is 0. The molecule has 2 saturated carbocycles. The minimum Gasteiger partial charge on any atom is -0.0651 e. The van der Waals surface area contributed by atoms with E-state index in [0.717, 1.165) is 17.8 Å². The molecule has 0 spiro atoms. The van der Waals surface area contributed by atoms with Gasteiger partial charge < -0.3 is 0 Å². The zero-order valence-corrected chi connectivity index (χ0v) is 8.06. The van der Waals surface area contributed by atoms with Crippen LogP contribution >= 0.6 is 0 Å². The van der Waals surface area contributed by atoms with Crippen molar-refractivity contribution in [2.24, 2.45) is 23.2 Å². The predicted molar refractivity (Wildman–Crippen MR) is 48.4 cm³/mol. The summed E-state index contributed by atoms with van der Waals surface area (Å²) in [5, 5.41) is 0. The minimum absolute atomic E-state index is 0.684. The third kappa shape index (κ3) is 0.947. The van der Waals surface area contributed by atoms with Gasteiger partial charge in [0.25, 0.3) is 0 Å². The van der Waals surface area contributed by atoms with Gasteiger partial charge in [-0.15, -0.1) is 0 Å². The summed E-state index contributed by atoms with van der Waals surface area (Å²) in [6.45, 7) is 7.31. The molecular formula is C11H20. The zero-order chi connectivity index (χ0) is 8.06. The van der Waals surface area contributed by atoms with E-state index in [-0.39, 0.29) is 0 Å². The number of hydrogen-bond donors (Lipinski definition) is 0. The lowest BCUT2D eigenvalue weighted by atomic mass is 9.66. The van der Waals surface area contributed by atoms with Crippen LogP contribution in [-0.2, 0) is 0 Å². The first-order valence-corrected chi connectivity index (χ1v) is 5.15. The van der Waals surface area contributed by atoms with Crippen molar-refractivity contribution in [3.05, 3.63) is 0 Å². The SMILES string of the molecule is CCC1CC(C)(C)C2CCC12. The highest BCUT2D eigenvalue weighted by Crippen LogP contribution is 2.60. The van der Waals surface area contributed by atoms with Crippen LogP contribution in [0, 0.1) is 23.2 Å². The molecule has 2 aliphatic rings. The van der Waals surface area contributed by atoms with E-state index in [1.807, 2.05) is 0 Å². The third-order valence-electron chi connectivity index (χ3n) is 4.25. The van der Waals surface area contributed by atoms with Gasteiger partial charge in [0.05, 0.1) is 0 Å². The van der Waals surface area contributed by atoms with Crippen molar-refractivity contribution in [3.63, 3.8) is 0 Å². The van der Waals surface area contributed by atoms with Crippen LogP contribution < -0.4 is 0 Å². The molecule has 0 bridgehead atoms. The molecule has 0 aromatic carbocycles. The summed E-state index contributed by atoms with van der Waals surface area (Å²) in [6, 6.07) is 0.